The molecule has 1 heterocycles. The molecule has 0 aliphatic heterocycles. The molecule has 0 aliphatic rings. The number of aromatic nitrogens is 1. The molecule has 0 aromatic carbocycles. The van der Waals surface area contributed by atoms with E-state index in [0.717, 1.165) is 0 Å². The number of hydrogen-bond donors (Lipinski definition) is 0. The summed E-state index contributed by atoms with van der Waals surface area (Å²) in [7, 11) is 4.15. The Morgan fingerprint density at radius 2 is 1.78 bits per heavy atom. The Hall–Kier alpha value is -2.80. The average Bonchev–Trinajstić information content (AvgIpc) is 2.76. The van der Waals surface area contributed by atoms with E-state index in [-0.39, 0.29) is 25.0 Å². The van der Waals surface area contributed by atoms with Crippen LogP contribution in [0.2, 0.25) is 0 Å². The van der Waals surface area contributed by atoms with Crippen molar-refractivity contribution in [1.82, 2.24) is 4.57 Å². The molecule has 124 valence electrons. The molecule has 0 fully saturated rings. The SMILES string of the molecule is COC(=O)CCc1c(CC(=O)OC)c(C)n(C)c1C(=O)N=[N+]=[N-]. The molecule has 1 aromatic rings. The summed E-state index contributed by atoms with van der Waals surface area (Å²) in [6, 6.07) is 0. The van der Waals surface area contributed by atoms with Crippen LogP contribution in [0.1, 0.15) is 33.7 Å². The summed E-state index contributed by atoms with van der Waals surface area (Å²) >= 11 is 0. The zero-order valence-electron chi connectivity index (χ0n) is 13.5. The number of esters is 2. The summed E-state index contributed by atoms with van der Waals surface area (Å²) < 4.78 is 10.8. The Bertz CT molecular complexity index is 686. The van der Waals surface area contributed by atoms with E-state index >= 15 is 0 Å². The van der Waals surface area contributed by atoms with Crippen molar-refractivity contribution in [2.45, 2.75) is 26.2 Å². The molecular weight excluding hydrogens is 304 g/mol. The van der Waals surface area contributed by atoms with Crippen LogP contribution in [-0.2, 0) is 39.0 Å². The monoisotopic (exact) mass is 322 g/mol. The second kappa shape index (κ2) is 8.00. The predicted octanol–water partition coefficient (Wildman–Crippen LogP) is 1.61. The van der Waals surface area contributed by atoms with Gasteiger partial charge in [-0.1, -0.05) is 0 Å². The molecule has 0 bridgehead atoms. The van der Waals surface area contributed by atoms with Gasteiger partial charge in [-0.3, -0.25) is 14.4 Å². The minimum absolute atomic E-state index is 0.0324. The number of nitrogens with zero attached hydrogens (tertiary/aromatic N) is 4. The highest BCUT2D eigenvalue weighted by Gasteiger charge is 2.24. The molecular formula is C14H18N4O5. The van der Waals surface area contributed by atoms with Gasteiger partial charge in [0.25, 0.3) is 5.91 Å². The van der Waals surface area contributed by atoms with Crippen LogP contribution in [0.5, 0.6) is 0 Å². The number of carbonyl (C=O) groups excluding carboxylic acids is 3. The van der Waals surface area contributed by atoms with E-state index in [0.29, 0.717) is 16.8 Å². The summed E-state index contributed by atoms with van der Waals surface area (Å²) in [6.07, 6.45) is 0.170. The van der Waals surface area contributed by atoms with Crippen molar-refractivity contribution in [3.8, 4) is 0 Å². The quantitative estimate of drug-likeness (QED) is 0.340. The van der Waals surface area contributed by atoms with Gasteiger partial charge in [0.1, 0.15) is 0 Å². The van der Waals surface area contributed by atoms with E-state index in [2.05, 4.69) is 19.5 Å². The Morgan fingerprint density at radius 3 is 2.30 bits per heavy atom. The lowest BCUT2D eigenvalue weighted by Gasteiger charge is -2.06. The number of methoxy groups -OCH3 is 2. The minimum atomic E-state index is -0.769. The van der Waals surface area contributed by atoms with Gasteiger partial charge in [0, 0.05) is 24.1 Å². The lowest BCUT2D eigenvalue weighted by atomic mass is 10.0. The van der Waals surface area contributed by atoms with Crippen molar-refractivity contribution in [3.63, 3.8) is 0 Å². The highest BCUT2D eigenvalue weighted by molar-refractivity contribution is 5.96. The van der Waals surface area contributed by atoms with Gasteiger partial charge in [-0.05, 0) is 35.1 Å². The first kappa shape index (κ1) is 18.2. The summed E-state index contributed by atoms with van der Waals surface area (Å²) in [5.41, 5.74) is 10.4. The molecule has 0 saturated carbocycles. The summed E-state index contributed by atoms with van der Waals surface area (Å²) in [5.74, 6) is -1.69. The third kappa shape index (κ3) is 4.10. The van der Waals surface area contributed by atoms with Crippen molar-refractivity contribution < 1.29 is 23.9 Å². The zero-order chi connectivity index (χ0) is 17.6. The standard InChI is InChI=1S/C14H18N4O5/c1-8-10(7-12(20)23-4)9(5-6-11(19)22-3)13(18(8)2)14(21)16-17-15/h5-7H2,1-4H3. The second-order valence-corrected chi connectivity index (χ2v) is 4.77. The van der Waals surface area contributed by atoms with Crippen LogP contribution in [-0.4, -0.2) is 36.6 Å². The van der Waals surface area contributed by atoms with Gasteiger partial charge in [0.2, 0.25) is 0 Å². The molecule has 23 heavy (non-hydrogen) atoms. The fraction of sp³-hybridized carbons (Fsp3) is 0.500. The van der Waals surface area contributed by atoms with Crippen LogP contribution < -0.4 is 0 Å². The van der Waals surface area contributed by atoms with E-state index in [1.54, 1.807) is 18.5 Å². The number of hydrogen-bond acceptors (Lipinski definition) is 5. The topological polar surface area (TPSA) is 123 Å². The third-order valence-corrected chi connectivity index (χ3v) is 3.62. The molecule has 9 heteroatoms. The van der Waals surface area contributed by atoms with Crippen LogP contribution in [0.4, 0.5) is 0 Å². The first-order valence-electron chi connectivity index (χ1n) is 6.77. The summed E-state index contributed by atoms with van der Waals surface area (Å²) in [6.45, 7) is 1.73. The number of rotatable bonds is 6. The maximum absolute atomic E-state index is 12.0. The van der Waals surface area contributed by atoms with Crippen LogP contribution in [0.3, 0.4) is 0 Å². The smallest absolute Gasteiger partial charge is 0.310 e. The largest absolute Gasteiger partial charge is 0.469 e. The summed E-state index contributed by atoms with van der Waals surface area (Å²) in [5, 5.41) is 3.11. The maximum atomic E-state index is 12.0. The Morgan fingerprint density at radius 1 is 1.17 bits per heavy atom. The van der Waals surface area contributed by atoms with E-state index in [1.807, 2.05) is 0 Å². The Kier molecular flexibility index (Phi) is 6.35. The van der Waals surface area contributed by atoms with E-state index < -0.39 is 17.8 Å². The molecule has 1 rings (SSSR count). The third-order valence-electron chi connectivity index (χ3n) is 3.62. The molecule has 0 atom stereocenters. The molecule has 0 spiro atoms. The Labute approximate surface area is 132 Å². The van der Waals surface area contributed by atoms with Crippen molar-refractivity contribution in [2.24, 2.45) is 12.2 Å². The minimum Gasteiger partial charge on any atom is -0.469 e. The van der Waals surface area contributed by atoms with Crippen molar-refractivity contribution in [3.05, 3.63) is 33.0 Å². The Balaban J connectivity index is 3.39. The maximum Gasteiger partial charge on any atom is 0.310 e. The molecule has 1 amide bonds. The van der Waals surface area contributed by atoms with Crippen LogP contribution >= 0.6 is 0 Å². The lowest BCUT2D eigenvalue weighted by molar-refractivity contribution is -0.141. The average molecular weight is 322 g/mol. The lowest BCUT2D eigenvalue weighted by Crippen LogP contribution is -2.10. The van der Waals surface area contributed by atoms with Gasteiger partial charge in [0.05, 0.1) is 26.3 Å². The van der Waals surface area contributed by atoms with Gasteiger partial charge in [-0.2, -0.15) is 0 Å². The molecule has 0 N–H and O–H groups in total. The fourth-order valence-electron chi connectivity index (χ4n) is 2.34. The van der Waals surface area contributed by atoms with Crippen LogP contribution in [0.25, 0.3) is 10.4 Å². The van der Waals surface area contributed by atoms with Gasteiger partial charge >= 0.3 is 11.9 Å². The zero-order valence-corrected chi connectivity index (χ0v) is 13.5. The highest BCUT2D eigenvalue weighted by Crippen LogP contribution is 2.25. The number of azide groups is 1. The number of carbonyl (C=O) groups is 3. The van der Waals surface area contributed by atoms with E-state index in [9.17, 15) is 14.4 Å². The first-order chi connectivity index (χ1) is 10.9. The van der Waals surface area contributed by atoms with Gasteiger partial charge in [0.15, 0.2) is 0 Å². The van der Waals surface area contributed by atoms with E-state index in [1.165, 1.54) is 14.2 Å². The van der Waals surface area contributed by atoms with Crippen LogP contribution in [0.15, 0.2) is 5.11 Å². The molecule has 0 radical (unpaired) electrons. The normalized spacial score (nSPS) is 9.91. The van der Waals surface area contributed by atoms with E-state index in [4.69, 9.17) is 5.53 Å². The molecule has 0 unspecified atom stereocenters. The molecule has 1 aromatic heterocycles. The number of amides is 1. The van der Waals surface area contributed by atoms with Gasteiger partial charge in [-0.25, -0.2) is 0 Å². The van der Waals surface area contributed by atoms with Gasteiger partial charge in [-0.15, -0.1) is 0 Å². The van der Waals surface area contributed by atoms with Crippen molar-refractivity contribution in [1.29, 1.82) is 0 Å². The first-order valence-corrected chi connectivity index (χ1v) is 6.77. The van der Waals surface area contributed by atoms with Crippen molar-refractivity contribution >= 4 is 17.8 Å². The van der Waals surface area contributed by atoms with Crippen LogP contribution in [0, 0.1) is 6.92 Å². The number of ether oxygens (including phenoxy) is 2. The molecule has 9 nitrogen and oxygen atoms in total. The second-order valence-electron chi connectivity index (χ2n) is 4.77. The van der Waals surface area contributed by atoms with Gasteiger partial charge < -0.3 is 14.0 Å². The van der Waals surface area contributed by atoms with Crippen molar-refractivity contribution in [2.75, 3.05) is 14.2 Å². The summed E-state index contributed by atoms with van der Waals surface area (Å²) in [4.78, 5) is 37.5. The molecule has 0 aliphatic carbocycles. The molecule has 0 saturated heterocycles. The fourth-order valence-corrected chi connectivity index (χ4v) is 2.34. The predicted molar refractivity (Wildman–Crippen MR) is 79.7 cm³/mol. The highest BCUT2D eigenvalue weighted by atomic mass is 16.5.